The summed E-state index contributed by atoms with van der Waals surface area (Å²) in [4.78, 5) is 26.2. The molecule has 0 aromatic heterocycles. The quantitative estimate of drug-likeness (QED) is 0.747. The second kappa shape index (κ2) is 5.38. The average Bonchev–Trinajstić information content (AvgIpc) is 2.83. The molecule has 1 atom stereocenters. The monoisotopic (exact) mass is 323 g/mol. The molecule has 0 aliphatic carbocycles. The van der Waals surface area contributed by atoms with Crippen LogP contribution in [0.4, 0.5) is 18.0 Å². The summed E-state index contributed by atoms with van der Waals surface area (Å²) < 4.78 is 38.1. The standard InChI is InChI=1S/C13H20F3N3O3/c1-11(2)9(20)19(10(21)17-11)6-3-5-18-7-4-12(22,8-18)13(14,15)16/h22H,3-8H2,1-2H3,(H,17,21)/t12-/m0/s1. The largest absolute Gasteiger partial charge is 0.418 e. The number of aliphatic hydroxyl groups is 1. The van der Waals surface area contributed by atoms with Gasteiger partial charge in [0.25, 0.3) is 5.91 Å². The molecule has 2 rings (SSSR count). The predicted octanol–water partition coefficient (Wildman–Crippen LogP) is 0.706. The van der Waals surface area contributed by atoms with Crippen molar-refractivity contribution in [2.24, 2.45) is 0 Å². The first-order valence-electron chi connectivity index (χ1n) is 7.12. The van der Waals surface area contributed by atoms with Crippen LogP contribution in [0.25, 0.3) is 0 Å². The summed E-state index contributed by atoms with van der Waals surface area (Å²) in [5.41, 5.74) is -3.60. The van der Waals surface area contributed by atoms with Crippen LogP contribution in [0.2, 0.25) is 0 Å². The summed E-state index contributed by atoms with van der Waals surface area (Å²) in [6, 6.07) is -0.483. The van der Waals surface area contributed by atoms with Crippen LogP contribution in [-0.4, -0.2) is 70.3 Å². The van der Waals surface area contributed by atoms with E-state index < -0.39 is 29.9 Å². The highest BCUT2D eigenvalue weighted by atomic mass is 19.4. The molecule has 0 radical (unpaired) electrons. The van der Waals surface area contributed by atoms with Crippen molar-refractivity contribution in [3.05, 3.63) is 0 Å². The molecular formula is C13H20F3N3O3. The number of alkyl halides is 3. The van der Waals surface area contributed by atoms with Crippen LogP contribution in [-0.2, 0) is 4.79 Å². The summed E-state index contributed by atoms with van der Waals surface area (Å²) >= 11 is 0. The van der Waals surface area contributed by atoms with E-state index in [4.69, 9.17) is 0 Å². The minimum Gasteiger partial charge on any atom is -0.379 e. The molecule has 0 bridgehead atoms. The minimum absolute atomic E-state index is 0.141. The Morgan fingerprint density at radius 1 is 1.27 bits per heavy atom. The zero-order valence-corrected chi connectivity index (χ0v) is 12.5. The molecule has 0 spiro atoms. The first-order chi connectivity index (χ1) is 9.96. The van der Waals surface area contributed by atoms with Gasteiger partial charge < -0.3 is 10.4 Å². The molecule has 0 unspecified atom stereocenters. The van der Waals surface area contributed by atoms with Crippen LogP contribution in [0.5, 0.6) is 0 Å². The number of imide groups is 1. The van der Waals surface area contributed by atoms with Gasteiger partial charge in [-0.2, -0.15) is 13.2 Å². The summed E-state index contributed by atoms with van der Waals surface area (Å²) in [5, 5.41) is 12.1. The van der Waals surface area contributed by atoms with E-state index in [0.29, 0.717) is 6.42 Å². The Kier molecular flexibility index (Phi) is 4.16. The third kappa shape index (κ3) is 3.05. The summed E-state index contributed by atoms with van der Waals surface area (Å²) in [7, 11) is 0. The van der Waals surface area contributed by atoms with Crippen LogP contribution in [0, 0.1) is 0 Å². The molecule has 6 nitrogen and oxygen atoms in total. The van der Waals surface area contributed by atoms with Gasteiger partial charge >= 0.3 is 12.2 Å². The maximum Gasteiger partial charge on any atom is 0.418 e. The molecule has 0 aromatic carbocycles. The zero-order chi connectivity index (χ0) is 16.8. The van der Waals surface area contributed by atoms with E-state index in [0.717, 1.165) is 4.90 Å². The van der Waals surface area contributed by atoms with E-state index in [-0.39, 0.29) is 32.0 Å². The van der Waals surface area contributed by atoms with E-state index in [1.54, 1.807) is 13.8 Å². The van der Waals surface area contributed by atoms with Gasteiger partial charge in [-0.25, -0.2) is 4.79 Å². The highest BCUT2D eigenvalue weighted by Gasteiger charge is 2.56. The van der Waals surface area contributed by atoms with Crippen molar-refractivity contribution in [2.45, 2.75) is 44.0 Å². The fraction of sp³-hybridized carbons (Fsp3) is 0.846. The molecule has 126 valence electrons. The molecule has 22 heavy (non-hydrogen) atoms. The van der Waals surface area contributed by atoms with E-state index in [9.17, 15) is 27.9 Å². The Bertz CT molecular complexity index is 481. The summed E-state index contributed by atoms with van der Waals surface area (Å²) in [5.74, 6) is -0.342. The Morgan fingerprint density at radius 3 is 2.36 bits per heavy atom. The molecule has 0 aromatic rings. The second-order valence-electron chi connectivity index (χ2n) is 6.42. The van der Waals surface area contributed by atoms with Crippen molar-refractivity contribution < 1.29 is 27.9 Å². The lowest BCUT2D eigenvalue weighted by atomic mass is 10.0. The number of rotatable bonds is 4. The van der Waals surface area contributed by atoms with Crippen molar-refractivity contribution in [3.8, 4) is 0 Å². The molecule has 0 saturated carbocycles. The number of urea groups is 1. The van der Waals surface area contributed by atoms with Gasteiger partial charge in [0.05, 0.1) is 0 Å². The number of hydrogen-bond donors (Lipinski definition) is 2. The van der Waals surface area contributed by atoms with E-state index >= 15 is 0 Å². The Balaban J connectivity index is 1.81. The summed E-state index contributed by atoms with van der Waals surface area (Å²) in [6.07, 6.45) is -4.63. The van der Waals surface area contributed by atoms with Crippen LogP contribution in [0.3, 0.4) is 0 Å². The molecular weight excluding hydrogens is 303 g/mol. The minimum atomic E-state index is -4.64. The van der Waals surface area contributed by atoms with Crippen molar-refractivity contribution in [1.29, 1.82) is 0 Å². The van der Waals surface area contributed by atoms with Crippen LogP contribution in [0.1, 0.15) is 26.7 Å². The van der Waals surface area contributed by atoms with Crippen molar-refractivity contribution in [3.63, 3.8) is 0 Å². The highest BCUT2D eigenvalue weighted by molar-refractivity contribution is 6.06. The lowest BCUT2D eigenvalue weighted by molar-refractivity contribution is -0.253. The SMILES string of the molecule is CC1(C)NC(=O)N(CCCN2CC[C@@](O)(C(F)(F)F)C2)C1=O. The number of amides is 3. The molecule has 3 amide bonds. The number of carbonyl (C=O) groups excluding carboxylic acids is 2. The van der Waals surface area contributed by atoms with Gasteiger partial charge in [0.2, 0.25) is 0 Å². The Labute approximate surface area is 126 Å². The van der Waals surface area contributed by atoms with E-state index in [1.807, 2.05) is 0 Å². The number of halogens is 3. The fourth-order valence-electron chi connectivity index (χ4n) is 2.77. The third-order valence-corrected chi connectivity index (χ3v) is 4.15. The first kappa shape index (κ1) is 17.0. The number of nitrogens with one attached hydrogen (secondary N) is 1. The first-order valence-corrected chi connectivity index (χ1v) is 7.12. The molecule has 9 heteroatoms. The molecule has 2 fully saturated rings. The number of β-amino-alcohol motifs (C(OH)–C–C–N with tert-alkyl or cyclic N) is 1. The second-order valence-corrected chi connectivity index (χ2v) is 6.42. The normalized spacial score (nSPS) is 29.3. The molecule has 2 aliphatic heterocycles. The third-order valence-electron chi connectivity index (χ3n) is 4.15. The lowest BCUT2D eigenvalue weighted by Crippen LogP contribution is -2.47. The van der Waals surface area contributed by atoms with Gasteiger partial charge in [0.15, 0.2) is 5.60 Å². The van der Waals surface area contributed by atoms with E-state index in [1.165, 1.54) is 4.90 Å². The van der Waals surface area contributed by atoms with Gasteiger partial charge in [-0.15, -0.1) is 0 Å². The fourth-order valence-corrected chi connectivity index (χ4v) is 2.77. The average molecular weight is 323 g/mol. The number of hydrogen-bond acceptors (Lipinski definition) is 4. The summed E-state index contributed by atoms with van der Waals surface area (Å²) in [6.45, 7) is 3.29. The molecule has 2 heterocycles. The Hall–Kier alpha value is -1.35. The van der Waals surface area contributed by atoms with Crippen molar-refractivity contribution >= 4 is 11.9 Å². The molecule has 2 N–H and O–H groups in total. The van der Waals surface area contributed by atoms with Crippen molar-refractivity contribution in [1.82, 2.24) is 15.1 Å². The Morgan fingerprint density at radius 2 is 1.91 bits per heavy atom. The zero-order valence-electron chi connectivity index (χ0n) is 12.5. The molecule has 2 saturated heterocycles. The van der Waals surface area contributed by atoms with Crippen LogP contribution in [0.15, 0.2) is 0 Å². The maximum absolute atomic E-state index is 12.7. The van der Waals surface area contributed by atoms with Gasteiger partial charge in [0.1, 0.15) is 5.54 Å². The van der Waals surface area contributed by atoms with Gasteiger partial charge in [0, 0.05) is 19.6 Å². The van der Waals surface area contributed by atoms with Gasteiger partial charge in [-0.05, 0) is 33.2 Å². The molecule has 2 aliphatic rings. The number of carbonyl (C=O) groups is 2. The van der Waals surface area contributed by atoms with Crippen LogP contribution >= 0.6 is 0 Å². The highest BCUT2D eigenvalue weighted by Crippen LogP contribution is 2.37. The smallest absolute Gasteiger partial charge is 0.379 e. The van der Waals surface area contributed by atoms with Crippen LogP contribution < -0.4 is 5.32 Å². The number of nitrogens with zero attached hydrogens (tertiary/aromatic N) is 2. The lowest BCUT2D eigenvalue weighted by Gasteiger charge is -2.26. The van der Waals surface area contributed by atoms with Crippen molar-refractivity contribution in [2.75, 3.05) is 26.2 Å². The topological polar surface area (TPSA) is 72.9 Å². The number of likely N-dealkylation sites (tertiary alicyclic amines) is 1. The maximum atomic E-state index is 12.7. The predicted molar refractivity (Wildman–Crippen MR) is 71.0 cm³/mol. The van der Waals surface area contributed by atoms with E-state index in [2.05, 4.69) is 5.32 Å². The van der Waals surface area contributed by atoms with Gasteiger partial charge in [-0.1, -0.05) is 0 Å². The van der Waals surface area contributed by atoms with Gasteiger partial charge in [-0.3, -0.25) is 14.6 Å².